The van der Waals surface area contributed by atoms with E-state index in [2.05, 4.69) is 6.92 Å². The van der Waals surface area contributed by atoms with Gasteiger partial charge in [-0.25, -0.2) is 0 Å². The molecule has 0 radical (unpaired) electrons. The molecule has 0 N–H and O–H groups in total. The van der Waals surface area contributed by atoms with Crippen LogP contribution in [0.15, 0.2) is 0 Å². The molecule has 1 aliphatic heterocycles. The van der Waals surface area contributed by atoms with Gasteiger partial charge >= 0.3 is 0 Å². The lowest BCUT2D eigenvalue weighted by Crippen LogP contribution is -2.16. The number of hydrogen-bond donors (Lipinski definition) is 0. The minimum Gasteiger partial charge on any atom is -0.374 e. The van der Waals surface area contributed by atoms with E-state index in [1.165, 1.54) is 0 Å². The van der Waals surface area contributed by atoms with E-state index in [1.54, 1.807) is 0 Å². The van der Waals surface area contributed by atoms with Crippen molar-refractivity contribution >= 4 is 11.6 Å². The van der Waals surface area contributed by atoms with Crippen molar-refractivity contribution < 1.29 is 9.47 Å². The molecule has 1 saturated heterocycles. The lowest BCUT2D eigenvalue weighted by Gasteiger charge is -2.10. The zero-order valence-electron chi connectivity index (χ0n) is 6.18. The lowest BCUT2D eigenvalue weighted by atomic mass is 10.3. The summed E-state index contributed by atoms with van der Waals surface area (Å²) in [6.45, 7) is 3.64. The Labute approximate surface area is 81.2 Å². The molecule has 1 rings (SSSR count). The lowest BCUT2D eigenvalue weighted by molar-refractivity contribution is 0.0545. The summed E-state index contributed by atoms with van der Waals surface area (Å²) in [6.07, 6.45) is 1.55. The summed E-state index contributed by atoms with van der Waals surface area (Å²) in [7, 11) is 0. The Kier molecular flexibility index (Phi) is 9.61. The second-order valence-corrected chi connectivity index (χ2v) is 2.78. The number of hydrogen-bond acceptors (Lipinski definition) is 2. The summed E-state index contributed by atoms with van der Waals surface area (Å²) < 4.78 is 10.4. The van der Waals surface area contributed by atoms with E-state index < -0.39 is 0 Å². The third kappa shape index (κ3) is 5.81. The van der Waals surface area contributed by atoms with Crippen molar-refractivity contribution in [3.63, 3.8) is 0 Å². The van der Waals surface area contributed by atoms with Crippen LogP contribution in [-0.2, 0) is 9.47 Å². The molecule has 2 unspecified atom stereocenters. The van der Waals surface area contributed by atoms with Gasteiger partial charge in [0.1, 0.15) is 6.10 Å². The van der Waals surface area contributed by atoms with Gasteiger partial charge < -0.3 is 9.47 Å². The molecule has 0 amide bonds. The van der Waals surface area contributed by atoms with Crippen molar-refractivity contribution in [1.82, 2.24) is 0 Å². The van der Waals surface area contributed by atoms with Gasteiger partial charge in [0.2, 0.25) is 0 Å². The normalized spacial score (nSPS) is 22.0. The van der Waals surface area contributed by atoms with Crippen LogP contribution in [0, 0.1) is 0 Å². The van der Waals surface area contributed by atoms with Crippen LogP contribution in [-0.4, -0.2) is 31.3 Å². The Hall–Kier alpha value is 0.210. The molecule has 0 spiro atoms. The van der Waals surface area contributed by atoms with Gasteiger partial charge in [0, 0.05) is 5.88 Å². The smallest absolute Gasteiger partial charge is 0.104 e. The van der Waals surface area contributed by atoms with Crippen LogP contribution in [0.4, 0.5) is 0 Å². The maximum atomic E-state index is 5.61. The molecule has 0 aromatic rings. The first-order valence-electron chi connectivity index (χ1n) is 3.66. The van der Waals surface area contributed by atoms with Crippen LogP contribution in [0.5, 0.6) is 0 Å². The number of epoxide rings is 1. The van der Waals surface area contributed by atoms with Gasteiger partial charge in [0.25, 0.3) is 0 Å². The van der Waals surface area contributed by atoms with Crippen molar-refractivity contribution in [2.45, 2.75) is 40.4 Å². The van der Waals surface area contributed by atoms with Gasteiger partial charge in [0.05, 0.1) is 19.3 Å². The zero-order chi connectivity index (χ0) is 7.40. The van der Waals surface area contributed by atoms with Crippen LogP contribution in [0.1, 0.15) is 28.2 Å². The van der Waals surface area contributed by atoms with Crippen molar-refractivity contribution in [3.8, 4) is 0 Å². The first kappa shape index (κ1) is 14.7. The quantitative estimate of drug-likeness (QED) is 0.498. The first-order chi connectivity index (χ1) is 4.86. The van der Waals surface area contributed by atoms with E-state index in [-0.39, 0.29) is 21.0 Å². The number of halogens is 1. The topological polar surface area (TPSA) is 21.8 Å². The first-order valence-corrected chi connectivity index (χ1v) is 4.19. The maximum absolute atomic E-state index is 5.61. The van der Waals surface area contributed by atoms with Gasteiger partial charge in [-0.2, -0.15) is 0 Å². The SMILES string of the molecule is C.C.CCC(CCl)OCC1CO1. The van der Waals surface area contributed by atoms with Crippen molar-refractivity contribution in [3.05, 3.63) is 0 Å². The van der Waals surface area contributed by atoms with E-state index >= 15 is 0 Å². The summed E-state index contributed by atoms with van der Waals surface area (Å²) in [5.74, 6) is 0.587. The molecule has 3 heteroatoms. The van der Waals surface area contributed by atoms with Crippen LogP contribution >= 0.6 is 11.6 Å². The molecule has 12 heavy (non-hydrogen) atoms. The highest BCUT2D eigenvalue weighted by atomic mass is 35.5. The van der Waals surface area contributed by atoms with Crippen molar-refractivity contribution in [2.75, 3.05) is 19.1 Å². The average Bonchev–Trinajstić information content (AvgIpc) is 2.74. The van der Waals surface area contributed by atoms with E-state index in [0.717, 1.165) is 13.0 Å². The molecule has 1 heterocycles. The predicted octanol–water partition coefficient (Wildman–Crippen LogP) is 2.69. The highest BCUT2D eigenvalue weighted by Crippen LogP contribution is 2.11. The third-order valence-corrected chi connectivity index (χ3v) is 1.89. The van der Waals surface area contributed by atoms with Crippen LogP contribution in [0.2, 0.25) is 0 Å². The Morgan fingerprint density at radius 1 is 1.58 bits per heavy atom. The summed E-state index contributed by atoms with van der Waals surface area (Å²) in [5.41, 5.74) is 0. The van der Waals surface area contributed by atoms with Gasteiger partial charge in [0.15, 0.2) is 0 Å². The fourth-order valence-electron chi connectivity index (χ4n) is 0.679. The number of ether oxygens (including phenoxy) is 2. The third-order valence-electron chi connectivity index (χ3n) is 1.55. The average molecular weight is 197 g/mol. The molecule has 0 aromatic heterocycles. The van der Waals surface area contributed by atoms with Crippen molar-refractivity contribution in [2.24, 2.45) is 0 Å². The minimum atomic E-state index is 0. The van der Waals surface area contributed by atoms with Crippen LogP contribution < -0.4 is 0 Å². The van der Waals surface area contributed by atoms with Gasteiger partial charge in [-0.05, 0) is 6.42 Å². The highest BCUT2D eigenvalue weighted by Gasteiger charge is 2.23. The number of rotatable bonds is 5. The molecular weight excluding hydrogens is 176 g/mol. The largest absolute Gasteiger partial charge is 0.374 e. The highest BCUT2D eigenvalue weighted by molar-refractivity contribution is 6.18. The standard InChI is InChI=1S/C7H13ClO2.2CH4/c1-2-6(3-8)9-4-7-5-10-7;;/h6-7H,2-5H2,1H3;2*1H4. The fourth-order valence-corrected chi connectivity index (χ4v) is 0.986. The zero-order valence-corrected chi connectivity index (χ0v) is 6.93. The molecule has 0 saturated carbocycles. The second kappa shape index (κ2) is 7.84. The number of alkyl halides is 1. The van der Waals surface area contributed by atoms with E-state index in [0.29, 0.717) is 18.6 Å². The van der Waals surface area contributed by atoms with Crippen LogP contribution in [0.25, 0.3) is 0 Å². The summed E-state index contributed by atoms with van der Waals surface area (Å²) in [5, 5.41) is 0. The molecular formula is C9H21ClO2. The molecule has 2 atom stereocenters. The molecule has 2 nitrogen and oxygen atoms in total. The van der Waals surface area contributed by atoms with E-state index in [1.807, 2.05) is 0 Å². The molecule has 1 fully saturated rings. The Balaban J connectivity index is 0. The molecule has 1 aliphatic rings. The predicted molar refractivity (Wildman–Crippen MR) is 54.0 cm³/mol. The van der Waals surface area contributed by atoms with Crippen LogP contribution in [0.3, 0.4) is 0 Å². The van der Waals surface area contributed by atoms with Gasteiger partial charge in [-0.1, -0.05) is 21.8 Å². The molecule has 76 valence electrons. The maximum Gasteiger partial charge on any atom is 0.104 e. The van der Waals surface area contributed by atoms with Gasteiger partial charge in [-0.15, -0.1) is 11.6 Å². The molecule has 0 bridgehead atoms. The fraction of sp³-hybridized carbons (Fsp3) is 1.00. The summed E-state index contributed by atoms with van der Waals surface area (Å²) in [4.78, 5) is 0. The van der Waals surface area contributed by atoms with E-state index in [4.69, 9.17) is 21.1 Å². The molecule has 0 aliphatic carbocycles. The summed E-state index contributed by atoms with van der Waals surface area (Å²) >= 11 is 5.61. The monoisotopic (exact) mass is 196 g/mol. The second-order valence-electron chi connectivity index (χ2n) is 2.47. The molecule has 0 aromatic carbocycles. The van der Waals surface area contributed by atoms with Gasteiger partial charge in [-0.3, -0.25) is 0 Å². The Bertz CT molecular complexity index is 90.5. The van der Waals surface area contributed by atoms with Crippen molar-refractivity contribution in [1.29, 1.82) is 0 Å². The summed E-state index contributed by atoms with van der Waals surface area (Å²) in [6, 6.07) is 0. The Morgan fingerprint density at radius 2 is 2.17 bits per heavy atom. The minimum absolute atomic E-state index is 0. The van der Waals surface area contributed by atoms with E-state index in [9.17, 15) is 0 Å². The Morgan fingerprint density at radius 3 is 2.50 bits per heavy atom.